The molecule has 1 fully saturated rings. The monoisotopic (exact) mass is 281 g/mol. The summed E-state index contributed by atoms with van der Waals surface area (Å²) in [6, 6.07) is 0. The quantitative estimate of drug-likeness (QED) is 0.830. The summed E-state index contributed by atoms with van der Waals surface area (Å²) >= 11 is 1.33. The highest BCUT2D eigenvalue weighted by atomic mass is 32.1. The molecule has 104 valence electrons. The van der Waals surface area contributed by atoms with Gasteiger partial charge in [0, 0.05) is 27.1 Å². The molecule has 6 heteroatoms. The molecule has 1 aromatic rings. The van der Waals surface area contributed by atoms with Crippen LogP contribution in [0.1, 0.15) is 46.2 Å². The molecule has 1 aromatic heterocycles. The zero-order valence-corrected chi connectivity index (χ0v) is 12.1. The molecule has 0 aromatic carbocycles. The lowest BCUT2D eigenvalue weighted by atomic mass is 10.1. The molecule has 0 spiro atoms. The fraction of sp³-hybridized carbons (Fsp3) is 0.538. The number of amides is 1. The first-order valence-electron chi connectivity index (χ1n) is 6.46. The Labute approximate surface area is 116 Å². The SMILES string of the molecule is CNC(=O)c1c(N2CCCCC2)sc(C(C)=O)c1N. The van der Waals surface area contributed by atoms with Crippen molar-refractivity contribution >= 4 is 33.7 Å². The van der Waals surface area contributed by atoms with Gasteiger partial charge in [-0.1, -0.05) is 0 Å². The van der Waals surface area contributed by atoms with Crippen LogP contribution in [0.25, 0.3) is 0 Å². The first kappa shape index (κ1) is 13.9. The number of Topliss-reactive ketones (excluding diaryl/α,β-unsaturated/α-hetero) is 1. The molecule has 0 aliphatic carbocycles. The largest absolute Gasteiger partial charge is 0.397 e. The molecule has 0 radical (unpaired) electrons. The number of hydrogen-bond acceptors (Lipinski definition) is 5. The van der Waals surface area contributed by atoms with Crippen molar-refractivity contribution < 1.29 is 9.59 Å². The molecule has 2 rings (SSSR count). The molecule has 2 heterocycles. The van der Waals surface area contributed by atoms with Crippen LogP contribution in [0.5, 0.6) is 0 Å². The third-order valence-corrected chi connectivity index (χ3v) is 4.71. The number of rotatable bonds is 3. The Hall–Kier alpha value is -1.56. The minimum absolute atomic E-state index is 0.0871. The van der Waals surface area contributed by atoms with E-state index >= 15 is 0 Å². The van der Waals surface area contributed by atoms with Gasteiger partial charge in [-0.15, -0.1) is 11.3 Å². The smallest absolute Gasteiger partial charge is 0.256 e. The molecule has 1 aliphatic rings. The maximum absolute atomic E-state index is 12.0. The van der Waals surface area contributed by atoms with Crippen molar-refractivity contribution in [3.05, 3.63) is 10.4 Å². The van der Waals surface area contributed by atoms with E-state index in [1.165, 1.54) is 24.7 Å². The van der Waals surface area contributed by atoms with Crippen LogP contribution in [-0.2, 0) is 0 Å². The predicted octanol–water partition coefficient (Wildman–Crippen LogP) is 1.88. The van der Waals surface area contributed by atoms with Crippen molar-refractivity contribution in [2.45, 2.75) is 26.2 Å². The molecule has 19 heavy (non-hydrogen) atoms. The van der Waals surface area contributed by atoms with E-state index in [1.54, 1.807) is 7.05 Å². The van der Waals surface area contributed by atoms with Crippen LogP contribution in [-0.4, -0.2) is 31.8 Å². The maximum atomic E-state index is 12.0. The predicted molar refractivity (Wildman–Crippen MR) is 78.2 cm³/mol. The van der Waals surface area contributed by atoms with Crippen LogP contribution in [0.15, 0.2) is 0 Å². The van der Waals surface area contributed by atoms with Gasteiger partial charge in [0.2, 0.25) is 0 Å². The second-order valence-corrected chi connectivity index (χ2v) is 5.71. The van der Waals surface area contributed by atoms with Crippen molar-refractivity contribution in [1.29, 1.82) is 0 Å². The number of nitrogens with zero attached hydrogens (tertiary/aromatic N) is 1. The van der Waals surface area contributed by atoms with Crippen LogP contribution >= 0.6 is 11.3 Å². The Morgan fingerprint density at radius 2 is 1.89 bits per heavy atom. The number of hydrogen-bond donors (Lipinski definition) is 2. The number of thiophene rings is 1. The molecule has 0 atom stereocenters. The minimum Gasteiger partial charge on any atom is -0.397 e. The number of carbonyl (C=O) groups is 2. The molecule has 0 bridgehead atoms. The molecule has 0 saturated carbocycles. The zero-order valence-electron chi connectivity index (χ0n) is 11.3. The van der Waals surface area contributed by atoms with Crippen molar-refractivity contribution in [3.63, 3.8) is 0 Å². The zero-order chi connectivity index (χ0) is 14.0. The molecule has 5 nitrogen and oxygen atoms in total. The van der Waals surface area contributed by atoms with E-state index in [2.05, 4.69) is 10.2 Å². The Morgan fingerprint density at radius 1 is 1.26 bits per heavy atom. The summed E-state index contributed by atoms with van der Waals surface area (Å²) in [7, 11) is 1.58. The number of ketones is 1. The Kier molecular flexibility index (Phi) is 4.09. The number of nitrogens with one attached hydrogen (secondary N) is 1. The molecular formula is C13H19N3O2S. The van der Waals surface area contributed by atoms with E-state index in [0.717, 1.165) is 30.9 Å². The summed E-state index contributed by atoms with van der Waals surface area (Å²) in [6.45, 7) is 3.32. The molecule has 1 saturated heterocycles. The van der Waals surface area contributed by atoms with Crippen molar-refractivity contribution in [1.82, 2.24) is 5.32 Å². The first-order chi connectivity index (χ1) is 9.06. The van der Waals surface area contributed by atoms with Crippen LogP contribution in [0.3, 0.4) is 0 Å². The minimum atomic E-state index is -0.221. The lowest BCUT2D eigenvalue weighted by molar-refractivity contribution is 0.0964. The lowest BCUT2D eigenvalue weighted by Gasteiger charge is -2.28. The van der Waals surface area contributed by atoms with E-state index < -0.39 is 0 Å². The van der Waals surface area contributed by atoms with E-state index in [1.807, 2.05) is 0 Å². The summed E-state index contributed by atoms with van der Waals surface area (Å²) in [5, 5.41) is 3.44. The molecule has 1 amide bonds. The average molecular weight is 281 g/mol. The van der Waals surface area contributed by atoms with Gasteiger partial charge >= 0.3 is 0 Å². The van der Waals surface area contributed by atoms with E-state index in [4.69, 9.17) is 5.73 Å². The van der Waals surface area contributed by atoms with Crippen molar-refractivity contribution in [2.75, 3.05) is 30.8 Å². The van der Waals surface area contributed by atoms with Gasteiger partial charge in [0.05, 0.1) is 16.1 Å². The van der Waals surface area contributed by atoms with E-state index in [0.29, 0.717) is 16.1 Å². The molecule has 0 unspecified atom stereocenters. The summed E-state index contributed by atoms with van der Waals surface area (Å²) in [5.74, 6) is -0.308. The summed E-state index contributed by atoms with van der Waals surface area (Å²) in [4.78, 5) is 26.3. The first-order valence-corrected chi connectivity index (χ1v) is 7.28. The van der Waals surface area contributed by atoms with Gasteiger partial charge in [-0.3, -0.25) is 9.59 Å². The van der Waals surface area contributed by atoms with Crippen molar-refractivity contribution in [3.8, 4) is 0 Å². The fourth-order valence-electron chi connectivity index (χ4n) is 2.36. The highest BCUT2D eigenvalue weighted by Gasteiger charge is 2.27. The summed E-state index contributed by atoms with van der Waals surface area (Å²) < 4.78 is 0. The van der Waals surface area contributed by atoms with Crippen LogP contribution < -0.4 is 16.0 Å². The number of nitrogen functional groups attached to an aromatic ring is 1. The maximum Gasteiger partial charge on any atom is 0.256 e. The van der Waals surface area contributed by atoms with Crippen LogP contribution in [0.4, 0.5) is 10.7 Å². The number of piperidine rings is 1. The molecule has 1 aliphatic heterocycles. The Bertz CT molecular complexity index is 504. The summed E-state index contributed by atoms with van der Waals surface area (Å²) in [5.41, 5.74) is 6.77. The lowest BCUT2D eigenvalue weighted by Crippen LogP contribution is -2.31. The number of nitrogens with two attached hydrogens (primary N) is 1. The third-order valence-electron chi connectivity index (χ3n) is 3.34. The van der Waals surface area contributed by atoms with Gasteiger partial charge in [0.1, 0.15) is 5.00 Å². The van der Waals surface area contributed by atoms with Gasteiger partial charge < -0.3 is 16.0 Å². The third kappa shape index (κ3) is 2.58. The highest BCUT2D eigenvalue weighted by molar-refractivity contribution is 7.19. The van der Waals surface area contributed by atoms with Gasteiger partial charge in [-0.05, 0) is 19.3 Å². The average Bonchev–Trinajstić information content (AvgIpc) is 2.77. The van der Waals surface area contributed by atoms with E-state index in [9.17, 15) is 9.59 Å². The topological polar surface area (TPSA) is 75.4 Å². The normalized spacial score (nSPS) is 15.4. The van der Waals surface area contributed by atoms with Crippen LogP contribution in [0, 0.1) is 0 Å². The van der Waals surface area contributed by atoms with Gasteiger partial charge in [-0.2, -0.15) is 0 Å². The van der Waals surface area contributed by atoms with E-state index in [-0.39, 0.29) is 11.7 Å². The number of carbonyl (C=O) groups excluding carboxylic acids is 2. The molecule has 3 N–H and O–H groups in total. The number of anilines is 2. The van der Waals surface area contributed by atoms with Crippen LogP contribution in [0.2, 0.25) is 0 Å². The fourth-order valence-corrected chi connectivity index (χ4v) is 3.52. The van der Waals surface area contributed by atoms with Gasteiger partial charge in [-0.25, -0.2) is 0 Å². The van der Waals surface area contributed by atoms with Gasteiger partial charge in [0.25, 0.3) is 5.91 Å². The second-order valence-electron chi connectivity index (χ2n) is 4.71. The van der Waals surface area contributed by atoms with Crippen molar-refractivity contribution in [2.24, 2.45) is 0 Å². The molecular weight excluding hydrogens is 262 g/mol. The second kappa shape index (κ2) is 5.61. The Morgan fingerprint density at radius 3 is 2.42 bits per heavy atom. The standard InChI is InChI=1S/C13H19N3O2S/c1-8(17)11-10(14)9(12(18)15-2)13(19-11)16-6-4-3-5-7-16/h3-7,14H2,1-2H3,(H,15,18). The Balaban J connectivity index is 2.48. The summed E-state index contributed by atoms with van der Waals surface area (Å²) in [6.07, 6.45) is 3.44. The highest BCUT2D eigenvalue weighted by Crippen LogP contribution is 2.39. The van der Waals surface area contributed by atoms with Gasteiger partial charge in [0.15, 0.2) is 5.78 Å².